The van der Waals surface area contributed by atoms with Gasteiger partial charge in [-0.05, 0) is 24.5 Å². The highest BCUT2D eigenvalue weighted by Gasteiger charge is 2.16. The zero-order chi connectivity index (χ0) is 19.9. The van der Waals surface area contributed by atoms with Gasteiger partial charge < -0.3 is 19.2 Å². The van der Waals surface area contributed by atoms with Crippen molar-refractivity contribution in [1.29, 1.82) is 5.26 Å². The van der Waals surface area contributed by atoms with Crippen LogP contribution in [-0.2, 0) is 4.74 Å². The zero-order valence-electron chi connectivity index (χ0n) is 15.9. The number of H-pyrrole nitrogens is 1. The molecule has 1 N–H and O–H groups in total. The Morgan fingerprint density at radius 1 is 1.36 bits per heavy atom. The molecule has 0 spiro atoms. The van der Waals surface area contributed by atoms with E-state index >= 15 is 0 Å². The van der Waals surface area contributed by atoms with E-state index in [1.807, 2.05) is 12.3 Å². The summed E-state index contributed by atoms with van der Waals surface area (Å²) in [7, 11) is 1.57. The maximum absolute atomic E-state index is 12.2. The van der Waals surface area contributed by atoms with E-state index in [9.17, 15) is 10.1 Å². The minimum Gasteiger partial charge on any atom is -0.493 e. The number of nitrogens with zero attached hydrogens (tertiary/aromatic N) is 3. The van der Waals surface area contributed by atoms with Gasteiger partial charge in [0, 0.05) is 25.2 Å². The highest BCUT2D eigenvalue weighted by atomic mass is 32.2. The fourth-order valence-electron chi connectivity index (χ4n) is 2.91. The second-order valence-corrected chi connectivity index (χ2v) is 6.87. The van der Waals surface area contributed by atoms with E-state index in [2.05, 4.69) is 14.9 Å². The van der Waals surface area contributed by atoms with Crippen molar-refractivity contribution in [2.24, 2.45) is 0 Å². The molecule has 1 aromatic heterocycles. The second-order valence-electron chi connectivity index (χ2n) is 6.08. The lowest BCUT2D eigenvalue weighted by Gasteiger charge is -2.26. The summed E-state index contributed by atoms with van der Waals surface area (Å²) in [6, 6.07) is 7.21. The molecule has 0 aliphatic carbocycles. The molecule has 2 aromatic rings. The van der Waals surface area contributed by atoms with E-state index in [4.69, 9.17) is 14.2 Å². The summed E-state index contributed by atoms with van der Waals surface area (Å²) in [5.41, 5.74) is 0.473. The second kappa shape index (κ2) is 9.59. The van der Waals surface area contributed by atoms with Crippen molar-refractivity contribution in [3.05, 3.63) is 34.1 Å². The fraction of sp³-hybridized carbons (Fsp3) is 0.421. The number of hydrogen-bond acceptors (Lipinski definition) is 8. The Bertz CT molecular complexity index is 919. The summed E-state index contributed by atoms with van der Waals surface area (Å²) in [6.07, 6.45) is 1.81. The standard InChI is InChI=1S/C19H22N4O4S/c1-25-15-4-3-13(17-14(12-20)18(24)22-19(21-17)28-2)11-16(15)27-10-7-23-5-8-26-9-6-23/h3-4,11H,5-10H2,1-2H3,(H,21,22,24). The normalized spacial score (nSPS) is 14.5. The van der Waals surface area contributed by atoms with Crippen LogP contribution in [0.15, 0.2) is 28.2 Å². The number of rotatable bonds is 7. The van der Waals surface area contributed by atoms with Crippen molar-refractivity contribution in [3.63, 3.8) is 0 Å². The van der Waals surface area contributed by atoms with Crippen LogP contribution < -0.4 is 15.0 Å². The molecule has 28 heavy (non-hydrogen) atoms. The van der Waals surface area contributed by atoms with Crippen LogP contribution in [0.5, 0.6) is 11.5 Å². The van der Waals surface area contributed by atoms with Gasteiger partial charge in [-0.2, -0.15) is 5.26 Å². The van der Waals surface area contributed by atoms with E-state index in [1.54, 1.807) is 25.3 Å². The van der Waals surface area contributed by atoms with Crippen LogP contribution in [0.2, 0.25) is 0 Å². The van der Waals surface area contributed by atoms with Crippen molar-refractivity contribution < 1.29 is 14.2 Å². The number of methoxy groups -OCH3 is 1. The highest BCUT2D eigenvalue weighted by molar-refractivity contribution is 7.98. The van der Waals surface area contributed by atoms with Gasteiger partial charge in [0.25, 0.3) is 5.56 Å². The molecule has 9 heteroatoms. The monoisotopic (exact) mass is 402 g/mol. The number of thioether (sulfide) groups is 1. The summed E-state index contributed by atoms with van der Waals surface area (Å²) in [5.74, 6) is 1.13. The van der Waals surface area contributed by atoms with Crippen LogP contribution in [0.25, 0.3) is 11.3 Å². The smallest absolute Gasteiger partial charge is 0.270 e. The molecule has 0 atom stereocenters. The van der Waals surface area contributed by atoms with Crippen LogP contribution in [0.4, 0.5) is 0 Å². The fourth-order valence-corrected chi connectivity index (χ4v) is 3.29. The van der Waals surface area contributed by atoms with Gasteiger partial charge in [0.2, 0.25) is 0 Å². The van der Waals surface area contributed by atoms with Gasteiger partial charge in [-0.3, -0.25) is 9.69 Å². The molecule has 1 aliphatic rings. The molecular formula is C19H22N4O4S. The van der Waals surface area contributed by atoms with Gasteiger partial charge in [-0.25, -0.2) is 4.98 Å². The lowest BCUT2D eigenvalue weighted by atomic mass is 10.1. The maximum atomic E-state index is 12.2. The third-order valence-electron chi connectivity index (χ3n) is 4.41. The van der Waals surface area contributed by atoms with Crippen molar-refractivity contribution in [1.82, 2.24) is 14.9 Å². The number of morpholine rings is 1. The summed E-state index contributed by atoms with van der Waals surface area (Å²) in [5, 5.41) is 9.84. The van der Waals surface area contributed by atoms with Crippen LogP contribution in [0.3, 0.4) is 0 Å². The first kappa shape index (κ1) is 20.2. The Morgan fingerprint density at radius 3 is 2.82 bits per heavy atom. The third kappa shape index (κ3) is 4.65. The average Bonchev–Trinajstić information content (AvgIpc) is 2.73. The topological polar surface area (TPSA) is 100 Å². The molecule has 1 fully saturated rings. The third-order valence-corrected chi connectivity index (χ3v) is 4.99. The Balaban J connectivity index is 1.85. The zero-order valence-corrected chi connectivity index (χ0v) is 16.7. The Morgan fingerprint density at radius 2 is 2.14 bits per heavy atom. The summed E-state index contributed by atoms with van der Waals surface area (Å²) in [4.78, 5) is 21.5. The van der Waals surface area contributed by atoms with Gasteiger partial charge in [0.05, 0.1) is 26.0 Å². The van der Waals surface area contributed by atoms with Gasteiger partial charge >= 0.3 is 0 Å². The first-order chi connectivity index (χ1) is 13.7. The quantitative estimate of drug-likeness (QED) is 0.552. The highest BCUT2D eigenvalue weighted by Crippen LogP contribution is 2.33. The molecule has 0 amide bonds. The molecule has 3 rings (SSSR count). The summed E-state index contributed by atoms with van der Waals surface area (Å²) < 4.78 is 16.7. The summed E-state index contributed by atoms with van der Waals surface area (Å²) in [6.45, 7) is 4.52. The number of aromatic amines is 1. The molecule has 1 aliphatic heterocycles. The number of aromatic nitrogens is 2. The summed E-state index contributed by atoms with van der Waals surface area (Å²) >= 11 is 1.30. The Labute approximate surface area is 167 Å². The molecule has 0 radical (unpaired) electrons. The minimum absolute atomic E-state index is 0.0257. The van der Waals surface area contributed by atoms with Crippen LogP contribution in [-0.4, -0.2) is 67.7 Å². The van der Waals surface area contributed by atoms with E-state index in [-0.39, 0.29) is 5.56 Å². The predicted octanol–water partition coefficient (Wildman–Crippen LogP) is 1.75. The number of nitrogens with one attached hydrogen (secondary N) is 1. The van der Waals surface area contributed by atoms with Crippen LogP contribution >= 0.6 is 11.8 Å². The Hall–Kier alpha value is -2.54. The van der Waals surface area contributed by atoms with E-state index in [0.717, 1.165) is 32.8 Å². The first-order valence-electron chi connectivity index (χ1n) is 8.86. The number of hydrogen-bond donors (Lipinski definition) is 1. The lowest BCUT2D eigenvalue weighted by Crippen LogP contribution is -2.38. The van der Waals surface area contributed by atoms with Crippen molar-refractivity contribution >= 4 is 11.8 Å². The molecule has 0 unspecified atom stereocenters. The molecule has 0 bridgehead atoms. The molecule has 0 saturated carbocycles. The Kier molecular flexibility index (Phi) is 6.92. The predicted molar refractivity (Wildman–Crippen MR) is 106 cm³/mol. The van der Waals surface area contributed by atoms with E-state index < -0.39 is 5.56 Å². The number of benzene rings is 1. The van der Waals surface area contributed by atoms with Gasteiger partial charge in [-0.15, -0.1) is 0 Å². The van der Waals surface area contributed by atoms with E-state index in [1.165, 1.54) is 11.8 Å². The first-order valence-corrected chi connectivity index (χ1v) is 10.1. The maximum Gasteiger partial charge on any atom is 0.270 e. The average molecular weight is 402 g/mol. The van der Waals surface area contributed by atoms with Gasteiger partial charge in [-0.1, -0.05) is 11.8 Å². The molecular weight excluding hydrogens is 380 g/mol. The number of ether oxygens (including phenoxy) is 3. The molecule has 1 aromatic carbocycles. The van der Waals surface area contributed by atoms with Crippen molar-refractivity contribution in [3.8, 4) is 28.8 Å². The van der Waals surface area contributed by atoms with Crippen LogP contribution in [0, 0.1) is 11.3 Å². The lowest BCUT2D eigenvalue weighted by molar-refractivity contribution is 0.0321. The van der Waals surface area contributed by atoms with E-state index in [0.29, 0.717) is 34.5 Å². The van der Waals surface area contributed by atoms with Crippen LogP contribution in [0.1, 0.15) is 5.56 Å². The van der Waals surface area contributed by atoms with Crippen molar-refractivity contribution in [2.75, 3.05) is 52.8 Å². The minimum atomic E-state index is -0.456. The van der Waals surface area contributed by atoms with Gasteiger partial charge in [0.1, 0.15) is 18.2 Å². The molecule has 1 saturated heterocycles. The SMILES string of the molecule is COc1ccc(-c2nc(SC)[nH]c(=O)c2C#N)cc1OCCN1CCOCC1. The molecule has 148 valence electrons. The molecule has 8 nitrogen and oxygen atoms in total. The molecule has 2 heterocycles. The van der Waals surface area contributed by atoms with Crippen molar-refractivity contribution in [2.45, 2.75) is 5.16 Å². The number of nitriles is 1. The van der Waals surface area contributed by atoms with Gasteiger partial charge in [0.15, 0.2) is 16.7 Å². The largest absolute Gasteiger partial charge is 0.493 e.